The van der Waals surface area contributed by atoms with Gasteiger partial charge in [-0.2, -0.15) is 21.6 Å². The molecule has 0 saturated heterocycles. The number of carbonyl (C=O) groups is 3. The molecule has 1 amide bonds. The van der Waals surface area contributed by atoms with Crippen LogP contribution in [0, 0.1) is 5.41 Å². The number of sulfonamides is 1. The summed E-state index contributed by atoms with van der Waals surface area (Å²) in [4.78, 5) is 34.0. The highest BCUT2D eigenvalue weighted by Gasteiger charge is 2.46. The molecule has 0 rings (SSSR count). The zero-order valence-electron chi connectivity index (χ0n) is 13.9. The number of rotatable bonds is 9. The Morgan fingerprint density at radius 1 is 1.00 bits per heavy atom. The third kappa shape index (κ3) is 8.18. The van der Waals surface area contributed by atoms with Crippen LogP contribution in [0.25, 0.3) is 0 Å². The highest BCUT2D eigenvalue weighted by atomic mass is 32.2. The summed E-state index contributed by atoms with van der Waals surface area (Å²) in [6, 6.07) is 0. The Labute approximate surface area is 143 Å². The summed E-state index contributed by atoms with van der Waals surface area (Å²) in [5.74, 6) is -2.93. The lowest BCUT2D eigenvalue weighted by atomic mass is 9.91. The Kier molecular flexibility index (Phi) is 8.35. The van der Waals surface area contributed by atoms with Crippen molar-refractivity contribution in [2.75, 3.05) is 13.2 Å². The molecule has 0 aromatic rings. The fourth-order valence-corrected chi connectivity index (χ4v) is 1.69. The number of hydrogen-bond donors (Lipinski definition) is 1. The van der Waals surface area contributed by atoms with E-state index in [1.165, 1.54) is 0 Å². The van der Waals surface area contributed by atoms with Gasteiger partial charge in [0.25, 0.3) is 0 Å². The molecule has 1 N–H and O–H groups in total. The van der Waals surface area contributed by atoms with Gasteiger partial charge in [0.15, 0.2) is 0 Å². The van der Waals surface area contributed by atoms with Gasteiger partial charge in [-0.1, -0.05) is 6.92 Å². The van der Waals surface area contributed by atoms with Crippen LogP contribution in [-0.4, -0.2) is 45.0 Å². The predicted octanol–water partition coefficient (Wildman–Crippen LogP) is 1.26. The number of ether oxygens (including phenoxy) is 2. The van der Waals surface area contributed by atoms with Crippen LogP contribution in [0.1, 0.15) is 40.0 Å². The minimum atomic E-state index is -5.80. The summed E-state index contributed by atoms with van der Waals surface area (Å²) >= 11 is 0. The van der Waals surface area contributed by atoms with E-state index in [0.717, 1.165) is 4.72 Å². The molecule has 25 heavy (non-hydrogen) atoms. The van der Waals surface area contributed by atoms with E-state index in [0.29, 0.717) is 6.42 Å². The van der Waals surface area contributed by atoms with E-state index in [-0.39, 0.29) is 13.2 Å². The van der Waals surface area contributed by atoms with Gasteiger partial charge in [-0.15, -0.1) is 0 Å². The molecule has 12 heteroatoms. The van der Waals surface area contributed by atoms with Crippen LogP contribution >= 0.6 is 0 Å². The van der Waals surface area contributed by atoms with Crippen molar-refractivity contribution in [3.8, 4) is 0 Å². The number of hydrogen-bond acceptors (Lipinski definition) is 7. The van der Waals surface area contributed by atoms with Crippen LogP contribution < -0.4 is 4.72 Å². The van der Waals surface area contributed by atoms with E-state index in [9.17, 15) is 36.0 Å². The quantitative estimate of drug-likeness (QED) is 0.464. The van der Waals surface area contributed by atoms with Gasteiger partial charge < -0.3 is 9.47 Å². The lowest BCUT2D eigenvalue weighted by Gasteiger charge is -2.20. The van der Waals surface area contributed by atoms with Crippen molar-refractivity contribution in [2.45, 2.75) is 45.5 Å². The molecular formula is C13H20F3NO7S. The minimum absolute atomic E-state index is 0.220. The van der Waals surface area contributed by atoms with Crippen molar-refractivity contribution in [3.63, 3.8) is 0 Å². The van der Waals surface area contributed by atoms with Gasteiger partial charge in [-0.3, -0.25) is 14.4 Å². The third-order valence-electron chi connectivity index (χ3n) is 3.13. The van der Waals surface area contributed by atoms with Crippen molar-refractivity contribution in [2.24, 2.45) is 5.41 Å². The number of amides is 1. The van der Waals surface area contributed by atoms with E-state index in [2.05, 4.69) is 4.74 Å². The molecule has 0 radical (unpaired) electrons. The maximum atomic E-state index is 12.0. The van der Waals surface area contributed by atoms with Crippen molar-refractivity contribution in [3.05, 3.63) is 0 Å². The molecule has 0 atom stereocenters. The lowest BCUT2D eigenvalue weighted by molar-refractivity contribution is -0.159. The highest BCUT2D eigenvalue weighted by Crippen LogP contribution is 2.22. The van der Waals surface area contributed by atoms with Gasteiger partial charge >= 0.3 is 27.5 Å². The fourth-order valence-electron chi connectivity index (χ4n) is 1.18. The first kappa shape index (κ1) is 23.1. The zero-order chi connectivity index (χ0) is 19.9. The first-order valence-corrected chi connectivity index (χ1v) is 8.66. The molecule has 0 fully saturated rings. The van der Waals surface area contributed by atoms with E-state index in [4.69, 9.17) is 4.74 Å². The molecule has 0 aliphatic carbocycles. The Morgan fingerprint density at radius 2 is 1.52 bits per heavy atom. The Morgan fingerprint density at radius 3 is 2.00 bits per heavy atom. The van der Waals surface area contributed by atoms with E-state index >= 15 is 0 Å². The molecule has 0 heterocycles. The monoisotopic (exact) mass is 391 g/mol. The van der Waals surface area contributed by atoms with E-state index < -0.39 is 51.6 Å². The second-order valence-corrected chi connectivity index (χ2v) is 7.24. The summed E-state index contributed by atoms with van der Waals surface area (Å²) in [5, 5.41) is 0. The van der Waals surface area contributed by atoms with E-state index in [1.807, 2.05) is 0 Å². The Bertz CT molecular complexity index is 599. The first-order valence-electron chi connectivity index (χ1n) is 7.17. The maximum absolute atomic E-state index is 12.0. The molecular weight excluding hydrogens is 371 g/mol. The van der Waals surface area contributed by atoms with E-state index in [1.54, 1.807) is 20.8 Å². The van der Waals surface area contributed by atoms with Gasteiger partial charge in [-0.25, -0.2) is 4.72 Å². The second-order valence-electron chi connectivity index (χ2n) is 5.57. The largest absolute Gasteiger partial charge is 0.516 e. The molecule has 146 valence electrons. The third-order valence-corrected chi connectivity index (χ3v) is 4.23. The summed E-state index contributed by atoms with van der Waals surface area (Å²) in [6.45, 7) is 4.63. The summed E-state index contributed by atoms with van der Waals surface area (Å²) in [7, 11) is -5.80. The zero-order valence-corrected chi connectivity index (χ0v) is 14.8. The average Bonchev–Trinajstić information content (AvgIpc) is 2.47. The SMILES string of the molecule is CCC(C)(C)C(=O)OCCOC(=O)CCC(=O)NS(=O)(=O)C(F)(F)F. The summed E-state index contributed by atoms with van der Waals surface area (Å²) in [6.07, 6.45) is -0.897. The number of halogens is 3. The Hall–Kier alpha value is -1.85. The fraction of sp³-hybridized carbons (Fsp3) is 0.769. The summed E-state index contributed by atoms with van der Waals surface area (Å²) in [5.41, 5.74) is -6.31. The van der Waals surface area contributed by atoms with Crippen LogP contribution in [-0.2, 0) is 33.9 Å². The van der Waals surface area contributed by atoms with Gasteiger partial charge in [0.1, 0.15) is 13.2 Å². The van der Waals surface area contributed by atoms with Crippen LogP contribution in [0.2, 0.25) is 0 Å². The highest BCUT2D eigenvalue weighted by molar-refractivity contribution is 7.90. The van der Waals surface area contributed by atoms with Gasteiger partial charge in [0.2, 0.25) is 5.91 Å². The second kappa shape index (κ2) is 9.02. The predicted molar refractivity (Wildman–Crippen MR) is 78.3 cm³/mol. The smallest absolute Gasteiger partial charge is 0.462 e. The molecule has 0 aliphatic heterocycles. The maximum Gasteiger partial charge on any atom is 0.516 e. The van der Waals surface area contributed by atoms with Crippen LogP contribution in [0.15, 0.2) is 0 Å². The molecule has 0 bridgehead atoms. The number of alkyl halides is 3. The van der Waals surface area contributed by atoms with Crippen LogP contribution in [0.5, 0.6) is 0 Å². The molecule has 0 aromatic heterocycles. The van der Waals surface area contributed by atoms with Gasteiger partial charge in [0.05, 0.1) is 11.8 Å². The number of esters is 2. The van der Waals surface area contributed by atoms with Crippen molar-refractivity contribution in [1.82, 2.24) is 4.72 Å². The molecule has 0 aromatic carbocycles. The topological polar surface area (TPSA) is 116 Å². The molecule has 0 saturated carbocycles. The van der Waals surface area contributed by atoms with Crippen molar-refractivity contribution >= 4 is 27.9 Å². The molecule has 0 spiro atoms. The lowest BCUT2D eigenvalue weighted by Crippen LogP contribution is -2.40. The molecule has 8 nitrogen and oxygen atoms in total. The summed E-state index contributed by atoms with van der Waals surface area (Å²) < 4.78 is 67.7. The average molecular weight is 391 g/mol. The van der Waals surface area contributed by atoms with Crippen molar-refractivity contribution < 1.29 is 45.4 Å². The number of carbonyl (C=O) groups excluding carboxylic acids is 3. The van der Waals surface area contributed by atoms with Gasteiger partial charge in [-0.05, 0) is 20.3 Å². The number of nitrogens with one attached hydrogen (secondary N) is 1. The van der Waals surface area contributed by atoms with Crippen LogP contribution in [0.4, 0.5) is 13.2 Å². The Balaban J connectivity index is 4.10. The van der Waals surface area contributed by atoms with Gasteiger partial charge in [0, 0.05) is 6.42 Å². The molecule has 0 unspecified atom stereocenters. The first-order chi connectivity index (χ1) is 11.2. The standard InChI is InChI=1S/C13H20F3NO7S/c1-4-12(2,3)11(20)24-8-7-23-10(19)6-5-9(18)17-25(21,22)13(14,15)16/h4-8H2,1-3H3,(H,17,18). The minimum Gasteiger partial charge on any atom is -0.462 e. The molecule has 0 aliphatic rings. The van der Waals surface area contributed by atoms with Crippen molar-refractivity contribution in [1.29, 1.82) is 0 Å². The normalized spacial score (nSPS) is 12.4. The van der Waals surface area contributed by atoms with Crippen LogP contribution in [0.3, 0.4) is 0 Å².